The Hall–Kier alpha value is -4.07. The number of hydrogen-bond donors (Lipinski definition) is 0. The van der Waals surface area contributed by atoms with Gasteiger partial charge >= 0.3 is 5.97 Å². The van der Waals surface area contributed by atoms with Crippen molar-refractivity contribution in [3.05, 3.63) is 83.3 Å². The van der Waals surface area contributed by atoms with Crippen molar-refractivity contribution in [3.63, 3.8) is 0 Å². The van der Waals surface area contributed by atoms with E-state index in [9.17, 15) is 14.0 Å². The molecule has 4 aromatic rings. The van der Waals surface area contributed by atoms with Crippen LogP contribution in [0.1, 0.15) is 28.5 Å². The van der Waals surface area contributed by atoms with Crippen LogP contribution in [0.2, 0.25) is 0 Å². The number of benzene rings is 2. The normalized spacial score (nSPS) is 10.9. The van der Waals surface area contributed by atoms with Gasteiger partial charge in [0.15, 0.2) is 6.61 Å². The summed E-state index contributed by atoms with van der Waals surface area (Å²) in [6.45, 7) is 4.05. The topological polar surface area (TPSA) is 85.5 Å². The van der Waals surface area contributed by atoms with E-state index < -0.39 is 12.6 Å². The number of aromatic nitrogens is 2. The van der Waals surface area contributed by atoms with E-state index in [1.165, 1.54) is 18.2 Å². The average Bonchev–Trinajstić information content (AvgIpc) is 3.22. The summed E-state index contributed by atoms with van der Waals surface area (Å²) in [6, 6.07) is 16.8. The first-order valence-corrected chi connectivity index (χ1v) is 10.5. The van der Waals surface area contributed by atoms with E-state index >= 15 is 0 Å². The van der Waals surface area contributed by atoms with Crippen molar-refractivity contribution >= 4 is 23.0 Å². The third kappa shape index (κ3) is 4.90. The fourth-order valence-corrected chi connectivity index (χ4v) is 3.50. The fraction of sp³-hybridized carbons (Fsp3) is 0.200. The summed E-state index contributed by atoms with van der Waals surface area (Å²) in [6.07, 6.45) is 0. The minimum atomic E-state index is -0.693. The van der Waals surface area contributed by atoms with Gasteiger partial charge in [-0.25, -0.2) is 14.2 Å². The van der Waals surface area contributed by atoms with Crippen LogP contribution in [0, 0.1) is 12.7 Å². The predicted octanol–water partition coefficient (Wildman–Crippen LogP) is 4.54. The molecule has 0 saturated carbocycles. The van der Waals surface area contributed by atoms with Crippen LogP contribution in [0.3, 0.4) is 0 Å². The van der Waals surface area contributed by atoms with Gasteiger partial charge in [-0.1, -0.05) is 35.5 Å². The van der Waals surface area contributed by atoms with Crippen LogP contribution in [0.5, 0.6) is 0 Å². The molecule has 0 saturated heterocycles. The highest BCUT2D eigenvalue weighted by Gasteiger charge is 2.22. The summed E-state index contributed by atoms with van der Waals surface area (Å²) in [5.74, 6) is -1.38. The first-order chi connectivity index (χ1) is 16.0. The van der Waals surface area contributed by atoms with Crippen molar-refractivity contribution in [2.45, 2.75) is 20.4 Å². The molecule has 2 aromatic carbocycles. The first kappa shape index (κ1) is 22.1. The molecule has 0 aliphatic heterocycles. The lowest BCUT2D eigenvalue weighted by Gasteiger charge is -2.21. The molecule has 1 amide bonds. The zero-order chi connectivity index (χ0) is 23.4. The average molecular weight is 447 g/mol. The third-order valence-corrected chi connectivity index (χ3v) is 5.25. The van der Waals surface area contributed by atoms with Gasteiger partial charge in [0.25, 0.3) is 11.6 Å². The highest BCUT2D eigenvalue weighted by Crippen LogP contribution is 2.27. The van der Waals surface area contributed by atoms with E-state index in [0.29, 0.717) is 35.4 Å². The number of ether oxygens (including phenoxy) is 1. The molecule has 8 heteroatoms. The van der Waals surface area contributed by atoms with Gasteiger partial charge in [0.2, 0.25) is 0 Å². The zero-order valence-electron chi connectivity index (χ0n) is 18.2. The van der Waals surface area contributed by atoms with E-state index in [4.69, 9.17) is 9.26 Å². The number of carbonyl (C=O) groups is 2. The van der Waals surface area contributed by atoms with Gasteiger partial charge in [0.1, 0.15) is 5.82 Å². The number of rotatable bonds is 7. The second kappa shape index (κ2) is 9.60. The Kier molecular flexibility index (Phi) is 6.44. The molecule has 0 spiro atoms. The minimum Gasteiger partial charge on any atom is -0.452 e. The van der Waals surface area contributed by atoms with Gasteiger partial charge in [0, 0.05) is 18.7 Å². The molecular formula is C25H22FN3O4. The second-order valence-electron chi connectivity index (χ2n) is 7.48. The quantitative estimate of drug-likeness (QED) is 0.387. The second-order valence-corrected chi connectivity index (χ2v) is 7.48. The number of halogens is 1. The lowest BCUT2D eigenvalue weighted by Crippen LogP contribution is -2.34. The number of nitrogens with zero attached hydrogens (tertiary/aromatic N) is 3. The van der Waals surface area contributed by atoms with Crippen LogP contribution in [0.25, 0.3) is 22.4 Å². The minimum absolute atomic E-state index is 0.159. The van der Waals surface area contributed by atoms with E-state index in [1.54, 1.807) is 24.0 Å². The third-order valence-electron chi connectivity index (χ3n) is 5.25. The Bertz CT molecular complexity index is 1290. The van der Waals surface area contributed by atoms with Crippen LogP contribution < -0.4 is 0 Å². The number of hydrogen-bond acceptors (Lipinski definition) is 6. The monoisotopic (exact) mass is 447 g/mol. The zero-order valence-corrected chi connectivity index (χ0v) is 18.2. The van der Waals surface area contributed by atoms with Gasteiger partial charge < -0.3 is 14.2 Å². The summed E-state index contributed by atoms with van der Waals surface area (Å²) in [7, 11) is 0. The number of likely N-dealkylation sites (N-methyl/N-ethyl adjacent to an activating group) is 1. The van der Waals surface area contributed by atoms with Crippen LogP contribution in [-0.4, -0.2) is 40.1 Å². The van der Waals surface area contributed by atoms with Crippen LogP contribution in [-0.2, 0) is 16.1 Å². The van der Waals surface area contributed by atoms with Crippen LogP contribution in [0.15, 0.2) is 65.2 Å². The highest BCUT2D eigenvalue weighted by atomic mass is 19.1. The number of amides is 1. The van der Waals surface area contributed by atoms with E-state index in [0.717, 1.165) is 5.56 Å². The molecule has 0 N–H and O–H groups in total. The molecule has 33 heavy (non-hydrogen) atoms. The summed E-state index contributed by atoms with van der Waals surface area (Å²) < 4.78 is 23.9. The molecule has 0 radical (unpaired) electrons. The van der Waals surface area contributed by atoms with E-state index in [2.05, 4.69) is 10.1 Å². The molecule has 168 valence electrons. The molecule has 7 nitrogen and oxygen atoms in total. The lowest BCUT2D eigenvalue weighted by molar-refractivity contribution is -0.134. The van der Waals surface area contributed by atoms with Crippen molar-refractivity contribution < 1.29 is 23.2 Å². The summed E-state index contributed by atoms with van der Waals surface area (Å²) in [4.78, 5) is 31.7. The SMILES string of the molecule is CCN(Cc1ccccc1)C(=O)COC(=O)c1cc(-c2ccc(F)cc2)nc2onc(C)c12. The number of pyridine rings is 1. The molecule has 2 aromatic heterocycles. The molecule has 0 bridgehead atoms. The van der Waals surface area contributed by atoms with Crippen molar-refractivity contribution in [2.24, 2.45) is 0 Å². The molecule has 0 fully saturated rings. The Morgan fingerprint density at radius 3 is 2.52 bits per heavy atom. The van der Waals surface area contributed by atoms with Gasteiger partial charge in [-0.05, 0) is 49.7 Å². The van der Waals surface area contributed by atoms with Crippen molar-refractivity contribution in [3.8, 4) is 11.3 Å². The maximum atomic E-state index is 13.3. The fourth-order valence-electron chi connectivity index (χ4n) is 3.50. The molecule has 2 heterocycles. The molecule has 0 aliphatic carbocycles. The largest absolute Gasteiger partial charge is 0.452 e. The molecular weight excluding hydrogens is 425 g/mol. The summed E-state index contributed by atoms with van der Waals surface area (Å²) in [5.41, 5.74) is 2.79. The Morgan fingerprint density at radius 1 is 1.09 bits per heavy atom. The molecule has 0 unspecified atom stereocenters. The standard InChI is InChI=1S/C25H22FN3O4/c1-3-29(14-17-7-5-4-6-8-17)22(30)15-32-25(31)20-13-21(18-9-11-19(26)12-10-18)27-24-23(20)16(2)28-33-24/h4-13H,3,14-15H2,1-2H3. The number of fused-ring (bicyclic) bond motifs is 1. The van der Waals surface area contributed by atoms with E-state index in [-0.39, 0.29) is 23.0 Å². The van der Waals surface area contributed by atoms with Crippen molar-refractivity contribution in [1.82, 2.24) is 15.0 Å². The summed E-state index contributed by atoms with van der Waals surface area (Å²) >= 11 is 0. The molecule has 0 atom stereocenters. The number of esters is 1. The van der Waals surface area contributed by atoms with Gasteiger partial charge in [-0.3, -0.25) is 4.79 Å². The molecule has 0 aliphatic rings. The lowest BCUT2D eigenvalue weighted by atomic mass is 10.1. The Morgan fingerprint density at radius 2 is 1.82 bits per heavy atom. The number of aryl methyl sites for hydroxylation is 1. The van der Waals surface area contributed by atoms with Crippen molar-refractivity contribution in [2.75, 3.05) is 13.2 Å². The Labute approximate surface area is 189 Å². The van der Waals surface area contributed by atoms with Crippen LogP contribution >= 0.6 is 0 Å². The van der Waals surface area contributed by atoms with Gasteiger partial charge in [-0.2, -0.15) is 0 Å². The first-order valence-electron chi connectivity index (χ1n) is 10.5. The maximum absolute atomic E-state index is 13.3. The van der Waals surface area contributed by atoms with Gasteiger partial charge in [0.05, 0.1) is 22.3 Å². The molecule has 4 rings (SSSR count). The highest BCUT2D eigenvalue weighted by molar-refractivity contribution is 6.04. The number of carbonyl (C=O) groups excluding carboxylic acids is 2. The smallest absolute Gasteiger partial charge is 0.339 e. The maximum Gasteiger partial charge on any atom is 0.339 e. The van der Waals surface area contributed by atoms with Crippen LogP contribution in [0.4, 0.5) is 4.39 Å². The predicted molar refractivity (Wildman–Crippen MR) is 120 cm³/mol. The van der Waals surface area contributed by atoms with E-state index in [1.807, 2.05) is 37.3 Å². The van der Waals surface area contributed by atoms with Gasteiger partial charge in [-0.15, -0.1) is 0 Å². The summed E-state index contributed by atoms with van der Waals surface area (Å²) in [5, 5.41) is 4.30. The Balaban J connectivity index is 1.55. The van der Waals surface area contributed by atoms with Crippen molar-refractivity contribution in [1.29, 1.82) is 0 Å².